The van der Waals surface area contributed by atoms with Crippen LogP contribution in [0.25, 0.3) is 32.7 Å². The maximum Gasteiger partial charge on any atom is 0.278 e. The minimum absolute atomic E-state index is 0.191. The normalized spacial score (nSPS) is 11.3. The van der Waals surface area contributed by atoms with Gasteiger partial charge in [0.15, 0.2) is 16.6 Å². The number of imidazole rings is 1. The third-order valence-electron chi connectivity index (χ3n) is 5.54. The number of carbonyl (C=O) groups is 1. The first-order valence-electron chi connectivity index (χ1n) is 11.3. The van der Waals surface area contributed by atoms with Crippen LogP contribution >= 0.6 is 11.3 Å². The summed E-state index contributed by atoms with van der Waals surface area (Å²) in [7, 11) is 1.92. The number of aromatic nitrogens is 5. The summed E-state index contributed by atoms with van der Waals surface area (Å²) in [6.45, 7) is 4.43. The SMILES string of the molecule is CC(C)Cn1nc(C(=O)Nc2nc(-c3ccccc3)c(-c3nccn3C)s2)c2ccccc2c1=O. The lowest BCUT2D eigenvalue weighted by atomic mass is 10.1. The summed E-state index contributed by atoms with van der Waals surface area (Å²) < 4.78 is 3.29. The van der Waals surface area contributed by atoms with Gasteiger partial charge in [-0.3, -0.25) is 14.9 Å². The van der Waals surface area contributed by atoms with E-state index >= 15 is 0 Å². The highest BCUT2D eigenvalue weighted by Gasteiger charge is 2.22. The number of carbonyl (C=O) groups excluding carboxylic acids is 1. The Morgan fingerprint density at radius 2 is 1.77 bits per heavy atom. The second-order valence-electron chi connectivity index (χ2n) is 8.65. The monoisotopic (exact) mass is 484 g/mol. The van der Waals surface area contributed by atoms with Gasteiger partial charge in [-0.25, -0.2) is 14.6 Å². The summed E-state index contributed by atoms with van der Waals surface area (Å²) in [6.07, 6.45) is 3.60. The predicted molar refractivity (Wildman–Crippen MR) is 139 cm³/mol. The van der Waals surface area contributed by atoms with E-state index in [4.69, 9.17) is 4.98 Å². The fourth-order valence-corrected chi connectivity index (χ4v) is 4.95. The third kappa shape index (κ3) is 4.38. The maximum absolute atomic E-state index is 13.4. The number of nitrogens with one attached hydrogen (secondary N) is 1. The van der Waals surface area contributed by atoms with Crippen LogP contribution in [0.3, 0.4) is 0 Å². The van der Waals surface area contributed by atoms with Crippen molar-refractivity contribution in [2.24, 2.45) is 13.0 Å². The number of hydrogen-bond acceptors (Lipinski definition) is 6. The molecule has 0 radical (unpaired) electrons. The van der Waals surface area contributed by atoms with Crippen LogP contribution in [0.15, 0.2) is 71.8 Å². The molecular weight excluding hydrogens is 460 g/mol. The molecule has 0 fully saturated rings. The van der Waals surface area contributed by atoms with Crippen LogP contribution in [0.5, 0.6) is 0 Å². The van der Waals surface area contributed by atoms with Crippen LogP contribution < -0.4 is 10.9 Å². The van der Waals surface area contributed by atoms with E-state index in [0.29, 0.717) is 22.4 Å². The van der Waals surface area contributed by atoms with Gasteiger partial charge in [-0.15, -0.1) is 0 Å². The van der Waals surface area contributed by atoms with E-state index in [-0.39, 0.29) is 17.2 Å². The highest BCUT2D eigenvalue weighted by atomic mass is 32.1. The first kappa shape index (κ1) is 22.7. The van der Waals surface area contributed by atoms with Gasteiger partial charge in [0.2, 0.25) is 0 Å². The van der Waals surface area contributed by atoms with Gasteiger partial charge < -0.3 is 4.57 Å². The smallest absolute Gasteiger partial charge is 0.278 e. The van der Waals surface area contributed by atoms with Crippen molar-refractivity contribution in [1.82, 2.24) is 24.3 Å². The van der Waals surface area contributed by atoms with Crippen LogP contribution in [0.1, 0.15) is 24.3 Å². The summed E-state index contributed by atoms with van der Waals surface area (Å²) in [6, 6.07) is 16.8. The third-order valence-corrected chi connectivity index (χ3v) is 6.51. The van der Waals surface area contributed by atoms with E-state index < -0.39 is 5.91 Å². The standard InChI is InChI=1S/C26H24N6O2S/c1-16(2)15-32-25(34)19-12-8-7-11-18(19)21(30-32)24(33)29-26-28-20(17-9-5-4-6-10-17)22(35-26)23-27-13-14-31(23)3/h4-14,16H,15H2,1-3H3,(H,28,29,33). The van der Waals surface area contributed by atoms with Crippen LogP contribution in [0, 0.1) is 5.92 Å². The molecule has 0 aliphatic carbocycles. The van der Waals surface area contributed by atoms with Crippen molar-refractivity contribution < 1.29 is 4.79 Å². The van der Waals surface area contributed by atoms with Gasteiger partial charge in [-0.1, -0.05) is 73.7 Å². The summed E-state index contributed by atoms with van der Waals surface area (Å²) in [5, 5.41) is 8.76. The quantitative estimate of drug-likeness (QED) is 0.373. The number of fused-ring (bicyclic) bond motifs is 1. The van der Waals surface area contributed by atoms with Crippen molar-refractivity contribution in [3.8, 4) is 22.0 Å². The topological polar surface area (TPSA) is 94.7 Å². The molecule has 1 N–H and O–H groups in total. The van der Waals surface area contributed by atoms with Crippen molar-refractivity contribution in [2.45, 2.75) is 20.4 Å². The molecule has 8 nitrogen and oxygen atoms in total. The summed E-state index contributed by atoms with van der Waals surface area (Å²) in [5.74, 6) is 0.541. The summed E-state index contributed by atoms with van der Waals surface area (Å²) in [4.78, 5) is 36.4. The second-order valence-corrected chi connectivity index (χ2v) is 9.65. The first-order valence-corrected chi connectivity index (χ1v) is 12.1. The Labute approximate surface area is 205 Å². The molecule has 0 unspecified atom stereocenters. The average Bonchev–Trinajstić information content (AvgIpc) is 3.46. The van der Waals surface area contributed by atoms with Crippen molar-refractivity contribution in [3.63, 3.8) is 0 Å². The molecule has 0 saturated carbocycles. The highest BCUT2D eigenvalue weighted by molar-refractivity contribution is 7.19. The van der Waals surface area contributed by atoms with Gasteiger partial charge in [0.05, 0.1) is 16.0 Å². The van der Waals surface area contributed by atoms with Crippen molar-refractivity contribution in [1.29, 1.82) is 0 Å². The molecule has 0 saturated heterocycles. The van der Waals surface area contributed by atoms with E-state index in [1.54, 1.807) is 30.5 Å². The molecule has 176 valence electrons. The Morgan fingerprint density at radius 3 is 2.46 bits per heavy atom. The molecule has 0 spiro atoms. The van der Waals surface area contributed by atoms with Gasteiger partial charge in [-0.2, -0.15) is 5.10 Å². The van der Waals surface area contributed by atoms with Crippen LogP contribution in [-0.4, -0.2) is 30.2 Å². The Bertz CT molecular complexity index is 1580. The van der Waals surface area contributed by atoms with E-state index in [1.165, 1.54) is 16.0 Å². The average molecular weight is 485 g/mol. The molecule has 5 aromatic rings. The van der Waals surface area contributed by atoms with Crippen LogP contribution in [-0.2, 0) is 13.6 Å². The summed E-state index contributed by atoms with van der Waals surface area (Å²) >= 11 is 1.35. The molecule has 0 bridgehead atoms. The number of thiazole rings is 1. The van der Waals surface area contributed by atoms with E-state index in [0.717, 1.165) is 22.0 Å². The molecule has 35 heavy (non-hydrogen) atoms. The number of benzene rings is 2. The second kappa shape index (κ2) is 9.27. The van der Waals surface area contributed by atoms with Gasteiger partial charge in [0, 0.05) is 36.9 Å². The van der Waals surface area contributed by atoms with E-state index in [2.05, 4.69) is 15.4 Å². The number of nitrogens with zero attached hydrogens (tertiary/aromatic N) is 5. The number of aryl methyl sites for hydroxylation is 1. The largest absolute Gasteiger partial charge is 0.333 e. The van der Waals surface area contributed by atoms with Gasteiger partial charge in [0.25, 0.3) is 11.5 Å². The Balaban J connectivity index is 1.58. The number of anilines is 1. The zero-order chi connectivity index (χ0) is 24.5. The zero-order valence-corrected chi connectivity index (χ0v) is 20.4. The number of amides is 1. The Hall–Kier alpha value is -4.11. The van der Waals surface area contributed by atoms with E-state index in [9.17, 15) is 9.59 Å². The van der Waals surface area contributed by atoms with Crippen molar-refractivity contribution in [3.05, 3.63) is 83.0 Å². The lowest BCUT2D eigenvalue weighted by molar-refractivity contribution is 0.102. The highest BCUT2D eigenvalue weighted by Crippen LogP contribution is 2.38. The number of rotatable bonds is 6. The van der Waals surface area contributed by atoms with Gasteiger partial charge >= 0.3 is 0 Å². The minimum Gasteiger partial charge on any atom is -0.333 e. The molecule has 5 rings (SSSR count). The summed E-state index contributed by atoms with van der Waals surface area (Å²) in [5.41, 5.74) is 1.65. The van der Waals surface area contributed by atoms with Crippen LogP contribution in [0.2, 0.25) is 0 Å². The lowest BCUT2D eigenvalue weighted by Gasteiger charge is -2.12. The van der Waals surface area contributed by atoms with Crippen LogP contribution in [0.4, 0.5) is 5.13 Å². The first-order chi connectivity index (χ1) is 16.9. The van der Waals surface area contributed by atoms with Gasteiger partial charge in [0.1, 0.15) is 0 Å². The fourth-order valence-electron chi connectivity index (χ4n) is 3.93. The molecule has 3 heterocycles. The zero-order valence-electron chi connectivity index (χ0n) is 19.6. The predicted octanol–water partition coefficient (Wildman–Crippen LogP) is 4.83. The van der Waals surface area contributed by atoms with Gasteiger partial charge in [-0.05, 0) is 12.0 Å². The molecule has 1 amide bonds. The van der Waals surface area contributed by atoms with Crippen molar-refractivity contribution >= 4 is 33.1 Å². The van der Waals surface area contributed by atoms with Crippen molar-refractivity contribution in [2.75, 3.05) is 5.32 Å². The fraction of sp³-hybridized carbons (Fsp3) is 0.192. The van der Waals surface area contributed by atoms with E-state index in [1.807, 2.05) is 62.0 Å². The molecule has 2 aromatic carbocycles. The Kier molecular flexibility index (Phi) is 6.00. The number of hydrogen-bond donors (Lipinski definition) is 1. The molecule has 3 aromatic heterocycles. The lowest BCUT2D eigenvalue weighted by Crippen LogP contribution is -2.29. The molecule has 9 heteroatoms. The molecular formula is C26H24N6O2S. The molecule has 0 aliphatic heterocycles. The Morgan fingerprint density at radius 1 is 1.06 bits per heavy atom. The molecule has 0 aliphatic rings. The minimum atomic E-state index is -0.418. The maximum atomic E-state index is 13.4. The molecule has 0 atom stereocenters.